The van der Waals surface area contributed by atoms with Crippen molar-refractivity contribution in [2.45, 2.75) is 39.2 Å². The van der Waals surface area contributed by atoms with Crippen LogP contribution in [0.2, 0.25) is 0 Å². The lowest BCUT2D eigenvalue weighted by molar-refractivity contribution is 0.280. The Bertz CT molecular complexity index is 519. The van der Waals surface area contributed by atoms with Crippen LogP contribution < -0.4 is 0 Å². The van der Waals surface area contributed by atoms with Crippen molar-refractivity contribution in [1.82, 2.24) is 4.31 Å². The largest absolute Gasteiger partial charge is 0.392 e. The second-order valence-electron chi connectivity index (χ2n) is 4.29. The summed E-state index contributed by atoms with van der Waals surface area (Å²) in [6.07, 6.45) is 0. The van der Waals surface area contributed by atoms with E-state index in [9.17, 15) is 13.5 Å². The van der Waals surface area contributed by atoms with Crippen LogP contribution in [0.3, 0.4) is 0 Å². The highest BCUT2D eigenvalue weighted by atomic mass is 32.2. The molecule has 4 nitrogen and oxygen atoms in total. The van der Waals surface area contributed by atoms with Gasteiger partial charge in [0.2, 0.25) is 10.0 Å². The Labute approximate surface area is 109 Å². The maximum atomic E-state index is 12.4. The molecule has 0 aliphatic rings. The lowest BCUT2D eigenvalue weighted by Gasteiger charge is -2.20. The van der Waals surface area contributed by atoms with Gasteiger partial charge < -0.3 is 5.11 Å². The average Bonchev–Trinajstić information content (AvgIpc) is 2.30. The molecular formula is C13H21NO3S. The number of aliphatic hydroxyl groups is 1. The summed E-state index contributed by atoms with van der Waals surface area (Å²) in [7, 11) is -3.46. The third-order valence-corrected chi connectivity index (χ3v) is 5.32. The average molecular weight is 271 g/mol. The van der Waals surface area contributed by atoms with Crippen molar-refractivity contribution in [1.29, 1.82) is 0 Å². The second-order valence-corrected chi connectivity index (χ2v) is 6.20. The summed E-state index contributed by atoms with van der Waals surface area (Å²) in [5, 5.41) is 9.24. The van der Waals surface area contributed by atoms with Crippen LogP contribution in [0.1, 0.15) is 30.5 Å². The van der Waals surface area contributed by atoms with E-state index in [1.54, 1.807) is 13.0 Å². The number of aliphatic hydroxyl groups excluding tert-OH is 1. The SMILES string of the molecule is CCN(CC)S(=O)(=O)c1cc(CO)c(C)cc1C. The van der Waals surface area contributed by atoms with E-state index in [-0.39, 0.29) is 6.61 Å². The molecule has 0 radical (unpaired) electrons. The summed E-state index contributed by atoms with van der Waals surface area (Å²) in [6.45, 7) is 8.03. The van der Waals surface area contributed by atoms with Crippen molar-refractivity contribution in [3.63, 3.8) is 0 Å². The number of hydrogen-bond acceptors (Lipinski definition) is 3. The molecule has 0 aromatic heterocycles. The summed E-state index contributed by atoms with van der Waals surface area (Å²) >= 11 is 0. The normalized spacial score (nSPS) is 12.1. The number of nitrogens with zero attached hydrogens (tertiary/aromatic N) is 1. The molecule has 0 aliphatic heterocycles. The molecule has 1 rings (SSSR count). The van der Waals surface area contributed by atoms with Crippen LogP contribution in [0.4, 0.5) is 0 Å². The Hall–Kier alpha value is -0.910. The molecule has 0 saturated carbocycles. The van der Waals surface area contributed by atoms with E-state index in [0.29, 0.717) is 23.5 Å². The van der Waals surface area contributed by atoms with Gasteiger partial charge in [0.05, 0.1) is 11.5 Å². The zero-order valence-electron chi connectivity index (χ0n) is 11.4. The van der Waals surface area contributed by atoms with Gasteiger partial charge in [-0.3, -0.25) is 0 Å². The van der Waals surface area contributed by atoms with E-state index in [1.165, 1.54) is 4.31 Å². The Morgan fingerprint density at radius 3 is 2.11 bits per heavy atom. The quantitative estimate of drug-likeness (QED) is 0.889. The molecule has 0 atom stereocenters. The van der Waals surface area contributed by atoms with Crippen LogP contribution in [0.25, 0.3) is 0 Å². The zero-order valence-corrected chi connectivity index (χ0v) is 12.2. The van der Waals surface area contributed by atoms with Gasteiger partial charge in [-0.05, 0) is 36.6 Å². The zero-order chi connectivity index (χ0) is 13.9. The number of rotatable bonds is 5. The Kier molecular flexibility index (Phi) is 4.90. The number of sulfonamides is 1. The Morgan fingerprint density at radius 1 is 1.11 bits per heavy atom. The molecule has 0 heterocycles. The highest BCUT2D eigenvalue weighted by Gasteiger charge is 2.24. The summed E-state index contributed by atoms with van der Waals surface area (Å²) in [4.78, 5) is 0.292. The third kappa shape index (κ3) is 2.74. The van der Waals surface area contributed by atoms with E-state index in [4.69, 9.17) is 0 Å². The molecule has 0 bridgehead atoms. The summed E-state index contributed by atoms with van der Waals surface area (Å²) < 4.78 is 26.3. The molecule has 102 valence electrons. The van der Waals surface area contributed by atoms with Crippen LogP contribution >= 0.6 is 0 Å². The minimum absolute atomic E-state index is 0.146. The van der Waals surface area contributed by atoms with Gasteiger partial charge >= 0.3 is 0 Å². The molecule has 1 aromatic carbocycles. The maximum Gasteiger partial charge on any atom is 0.243 e. The minimum Gasteiger partial charge on any atom is -0.392 e. The smallest absolute Gasteiger partial charge is 0.243 e. The molecule has 0 fully saturated rings. The van der Waals surface area contributed by atoms with Gasteiger partial charge in [0, 0.05) is 13.1 Å². The number of benzene rings is 1. The van der Waals surface area contributed by atoms with Gasteiger partial charge in [-0.25, -0.2) is 8.42 Å². The molecule has 18 heavy (non-hydrogen) atoms. The first-order valence-corrected chi connectivity index (χ1v) is 7.53. The molecule has 1 N–H and O–H groups in total. The van der Waals surface area contributed by atoms with Gasteiger partial charge in [0.1, 0.15) is 0 Å². The Balaban J connectivity index is 3.41. The molecule has 5 heteroatoms. The van der Waals surface area contributed by atoms with Crippen LogP contribution in [0.5, 0.6) is 0 Å². The van der Waals surface area contributed by atoms with Crippen molar-refractivity contribution in [2.75, 3.05) is 13.1 Å². The van der Waals surface area contributed by atoms with Crippen molar-refractivity contribution in [2.24, 2.45) is 0 Å². The van der Waals surface area contributed by atoms with E-state index >= 15 is 0 Å². The highest BCUT2D eigenvalue weighted by molar-refractivity contribution is 7.89. The van der Waals surface area contributed by atoms with Gasteiger partial charge in [0.25, 0.3) is 0 Å². The van der Waals surface area contributed by atoms with Crippen molar-refractivity contribution < 1.29 is 13.5 Å². The fourth-order valence-electron chi connectivity index (χ4n) is 2.03. The fourth-order valence-corrected chi connectivity index (χ4v) is 3.74. The third-order valence-electron chi connectivity index (χ3n) is 3.13. The molecule has 0 amide bonds. The van der Waals surface area contributed by atoms with E-state index in [0.717, 1.165) is 11.1 Å². The van der Waals surface area contributed by atoms with E-state index < -0.39 is 10.0 Å². The standard InChI is InChI=1S/C13H21NO3S/c1-5-14(6-2)18(16,17)13-8-12(9-15)10(3)7-11(13)4/h7-8,15H,5-6,9H2,1-4H3. The first-order chi connectivity index (χ1) is 8.38. The summed E-state index contributed by atoms with van der Waals surface area (Å²) in [5.74, 6) is 0. The monoisotopic (exact) mass is 271 g/mol. The van der Waals surface area contributed by atoms with Crippen molar-refractivity contribution in [3.8, 4) is 0 Å². The molecule has 0 spiro atoms. The van der Waals surface area contributed by atoms with Crippen LogP contribution in [-0.2, 0) is 16.6 Å². The maximum absolute atomic E-state index is 12.4. The predicted molar refractivity (Wildman–Crippen MR) is 71.9 cm³/mol. The van der Waals surface area contributed by atoms with E-state index in [2.05, 4.69) is 0 Å². The molecular weight excluding hydrogens is 250 g/mol. The highest BCUT2D eigenvalue weighted by Crippen LogP contribution is 2.23. The fraction of sp³-hybridized carbons (Fsp3) is 0.538. The second kappa shape index (κ2) is 5.82. The summed E-state index contributed by atoms with van der Waals surface area (Å²) in [5.41, 5.74) is 2.29. The Morgan fingerprint density at radius 2 is 1.67 bits per heavy atom. The van der Waals surface area contributed by atoms with Crippen LogP contribution in [-0.4, -0.2) is 30.9 Å². The predicted octanol–water partition coefficient (Wildman–Crippen LogP) is 1.83. The van der Waals surface area contributed by atoms with E-state index in [1.807, 2.05) is 26.8 Å². The molecule has 0 aliphatic carbocycles. The molecule has 0 saturated heterocycles. The molecule has 1 aromatic rings. The van der Waals surface area contributed by atoms with Crippen molar-refractivity contribution >= 4 is 10.0 Å². The topological polar surface area (TPSA) is 57.6 Å². The first kappa shape index (κ1) is 15.1. The van der Waals surface area contributed by atoms with Gasteiger partial charge in [-0.1, -0.05) is 19.9 Å². The van der Waals surface area contributed by atoms with Gasteiger partial charge in [0.15, 0.2) is 0 Å². The molecule has 0 unspecified atom stereocenters. The number of aryl methyl sites for hydroxylation is 2. The van der Waals surface area contributed by atoms with Crippen LogP contribution in [0.15, 0.2) is 17.0 Å². The van der Waals surface area contributed by atoms with Crippen LogP contribution in [0, 0.1) is 13.8 Å². The van der Waals surface area contributed by atoms with Gasteiger partial charge in [-0.2, -0.15) is 4.31 Å². The number of hydrogen-bond donors (Lipinski definition) is 1. The first-order valence-electron chi connectivity index (χ1n) is 6.09. The van der Waals surface area contributed by atoms with Gasteiger partial charge in [-0.15, -0.1) is 0 Å². The van der Waals surface area contributed by atoms with Crippen molar-refractivity contribution in [3.05, 3.63) is 28.8 Å². The minimum atomic E-state index is -3.46. The lowest BCUT2D eigenvalue weighted by atomic mass is 10.1. The summed E-state index contributed by atoms with van der Waals surface area (Å²) in [6, 6.07) is 3.39. The lowest BCUT2D eigenvalue weighted by Crippen LogP contribution is -2.31.